The Morgan fingerprint density at radius 3 is 2.29 bits per heavy atom. The highest BCUT2D eigenvalue weighted by molar-refractivity contribution is 7.80. The van der Waals surface area contributed by atoms with Crippen LogP contribution in [0.15, 0.2) is 11.8 Å². The summed E-state index contributed by atoms with van der Waals surface area (Å²) in [5, 5.41) is 16.4. The van der Waals surface area contributed by atoms with Crippen molar-refractivity contribution in [2.45, 2.75) is 83.0 Å². The minimum absolute atomic E-state index is 0.0736. The number of hydrogen-bond acceptors (Lipinski definition) is 9. The predicted molar refractivity (Wildman–Crippen MR) is 160 cm³/mol. The molecule has 2 rings (SSSR count). The van der Waals surface area contributed by atoms with Gasteiger partial charge in [0.15, 0.2) is 0 Å². The van der Waals surface area contributed by atoms with Crippen LogP contribution in [-0.4, -0.2) is 85.0 Å². The Bertz CT molecular complexity index is 1020. The maximum atomic E-state index is 13.4. The number of carbonyl (C=O) groups excluding carboxylic acids is 6. The molecule has 0 saturated heterocycles. The Labute approximate surface area is 252 Å². The maximum absolute atomic E-state index is 13.4. The second-order valence-electron chi connectivity index (χ2n) is 11.0. The monoisotopic (exact) mass is 610 g/mol. The molecular weight excluding hydrogens is 564 g/mol. The summed E-state index contributed by atoms with van der Waals surface area (Å²) >= 11 is 4.15. The van der Waals surface area contributed by atoms with E-state index in [0.29, 0.717) is 30.7 Å². The van der Waals surface area contributed by atoms with Crippen LogP contribution in [0.5, 0.6) is 0 Å². The van der Waals surface area contributed by atoms with Gasteiger partial charge in [-0.25, -0.2) is 0 Å². The molecule has 10 N–H and O–H groups in total. The van der Waals surface area contributed by atoms with Gasteiger partial charge in [-0.3, -0.25) is 28.8 Å². The van der Waals surface area contributed by atoms with E-state index in [1.54, 1.807) is 13.8 Å². The van der Waals surface area contributed by atoms with Crippen molar-refractivity contribution >= 4 is 48.1 Å². The molecular formula is C27H46N8O6S. The zero-order valence-corrected chi connectivity index (χ0v) is 25.3. The van der Waals surface area contributed by atoms with Gasteiger partial charge in [0.1, 0.15) is 18.1 Å². The summed E-state index contributed by atoms with van der Waals surface area (Å²) in [7, 11) is 0. The minimum atomic E-state index is -1.12. The lowest BCUT2D eigenvalue weighted by atomic mass is 9.80. The van der Waals surface area contributed by atoms with Gasteiger partial charge < -0.3 is 43.4 Å². The van der Waals surface area contributed by atoms with Crippen molar-refractivity contribution in [3.05, 3.63) is 11.8 Å². The van der Waals surface area contributed by atoms with Crippen LogP contribution in [-0.2, 0) is 28.8 Å². The van der Waals surface area contributed by atoms with Gasteiger partial charge in [-0.1, -0.05) is 26.7 Å². The summed E-state index contributed by atoms with van der Waals surface area (Å²) in [6.45, 7) is 2.98. The number of amides is 6. The van der Waals surface area contributed by atoms with Crippen LogP contribution in [0.4, 0.5) is 0 Å². The molecule has 2 aliphatic rings. The van der Waals surface area contributed by atoms with E-state index in [1.807, 2.05) is 6.20 Å². The number of primary amides is 1. The molecule has 2 unspecified atom stereocenters. The van der Waals surface area contributed by atoms with E-state index in [2.05, 4.69) is 44.5 Å². The second-order valence-corrected chi connectivity index (χ2v) is 11.4. The van der Waals surface area contributed by atoms with Crippen molar-refractivity contribution in [1.29, 1.82) is 0 Å². The Hall–Kier alpha value is -3.33. The summed E-state index contributed by atoms with van der Waals surface area (Å²) in [5.41, 5.74) is 11.5. The number of hydrogen-bond donors (Lipinski definition) is 9. The van der Waals surface area contributed by atoms with Gasteiger partial charge >= 0.3 is 0 Å². The van der Waals surface area contributed by atoms with Gasteiger partial charge in [0, 0.05) is 30.7 Å². The topological polar surface area (TPSA) is 227 Å². The zero-order chi connectivity index (χ0) is 31.2. The average molecular weight is 611 g/mol. The third-order valence-corrected chi connectivity index (χ3v) is 7.64. The Morgan fingerprint density at radius 2 is 1.64 bits per heavy atom. The summed E-state index contributed by atoms with van der Waals surface area (Å²) in [6.07, 6.45) is 6.43. The van der Waals surface area contributed by atoms with E-state index in [9.17, 15) is 28.8 Å². The first-order valence-electron chi connectivity index (χ1n) is 14.5. The number of fused-ring (bicyclic) bond motifs is 1. The van der Waals surface area contributed by atoms with Gasteiger partial charge in [0.25, 0.3) is 0 Å². The van der Waals surface area contributed by atoms with E-state index in [0.717, 1.165) is 31.3 Å². The van der Waals surface area contributed by atoms with Crippen LogP contribution >= 0.6 is 12.6 Å². The molecule has 0 aromatic carbocycles. The van der Waals surface area contributed by atoms with Gasteiger partial charge in [-0.2, -0.15) is 12.6 Å². The maximum Gasteiger partial charge on any atom is 0.243 e. The molecule has 14 nitrogen and oxygen atoms in total. The van der Waals surface area contributed by atoms with Crippen LogP contribution in [0, 0.1) is 11.8 Å². The number of carbonyl (C=O) groups is 6. The second kappa shape index (κ2) is 17.6. The quantitative estimate of drug-likeness (QED) is 0.0829. The molecule has 0 radical (unpaired) electrons. The summed E-state index contributed by atoms with van der Waals surface area (Å²) in [5.74, 6) is -3.07. The predicted octanol–water partition coefficient (Wildman–Crippen LogP) is -2.08. The Morgan fingerprint density at radius 1 is 0.952 bits per heavy atom. The first kappa shape index (κ1) is 34.9. The molecule has 5 atom stereocenters. The Kier molecular flexibility index (Phi) is 14.6. The van der Waals surface area contributed by atoms with Crippen molar-refractivity contribution < 1.29 is 28.8 Å². The van der Waals surface area contributed by atoms with Gasteiger partial charge in [0.05, 0.1) is 13.1 Å². The van der Waals surface area contributed by atoms with Gasteiger partial charge in [-0.15, -0.1) is 0 Å². The highest BCUT2D eigenvalue weighted by atomic mass is 32.1. The van der Waals surface area contributed by atoms with E-state index < -0.39 is 54.2 Å². The summed E-state index contributed by atoms with van der Waals surface area (Å²) < 4.78 is 0. The third kappa shape index (κ3) is 11.2. The molecule has 1 aliphatic carbocycles. The fourth-order valence-corrected chi connectivity index (χ4v) is 5.28. The normalized spacial score (nSPS) is 19.7. The third-order valence-electron chi connectivity index (χ3n) is 7.41. The van der Waals surface area contributed by atoms with E-state index in [1.165, 1.54) is 0 Å². The summed E-state index contributed by atoms with van der Waals surface area (Å²) in [6, 6.07) is -2.61. The lowest BCUT2D eigenvalue weighted by Crippen LogP contribution is -2.57. The first-order valence-corrected chi connectivity index (χ1v) is 15.1. The average Bonchev–Trinajstić information content (AvgIpc) is 3.37. The highest BCUT2D eigenvalue weighted by Gasteiger charge is 2.35. The lowest BCUT2D eigenvalue weighted by Gasteiger charge is -2.29. The lowest BCUT2D eigenvalue weighted by molar-refractivity contribution is -0.133. The number of nitrogens with one attached hydrogen (secondary N) is 6. The van der Waals surface area contributed by atoms with Gasteiger partial charge in [0.2, 0.25) is 35.4 Å². The fraction of sp³-hybridized carbons (Fsp3) is 0.704. The SMILES string of the molecule is CC(C)[C@H](NC(=O)CNC(=O)[C@H](CCC(N)=O)NC(=O)CN)C(=O)N[C@@H](CC1=CNC2CCCCC12)C(=O)NCCS. The van der Waals surface area contributed by atoms with Crippen molar-refractivity contribution in [2.75, 3.05) is 25.4 Å². The molecule has 15 heteroatoms. The number of rotatable bonds is 17. The molecule has 1 fully saturated rings. The fourth-order valence-electron chi connectivity index (χ4n) is 5.17. The van der Waals surface area contributed by atoms with Crippen LogP contribution in [0.3, 0.4) is 0 Å². The van der Waals surface area contributed by atoms with E-state index in [-0.39, 0.29) is 31.2 Å². The standard InChI is InChI=1S/C27H46N8O6S/c1-15(2)24(35-23(38)14-32-25(39)19(7-8-21(29)36)33-22(37)12-28)27(41)34-20(26(40)30-9-10-42)11-16-13-31-18-6-4-3-5-17(16)18/h13,15,17-20,24,31,42H,3-12,14,28H2,1-2H3,(H2,29,36)(H,30,40)(H,32,39)(H,33,37)(H,34,41)(H,35,38)/t17?,18?,19-,20-,24-/m0/s1. The summed E-state index contributed by atoms with van der Waals surface area (Å²) in [4.78, 5) is 74.6. The molecule has 236 valence electrons. The molecule has 1 heterocycles. The molecule has 42 heavy (non-hydrogen) atoms. The number of thiol groups is 1. The zero-order valence-electron chi connectivity index (χ0n) is 24.4. The minimum Gasteiger partial charge on any atom is -0.388 e. The molecule has 0 aromatic heterocycles. The Balaban J connectivity index is 2.02. The largest absolute Gasteiger partial charge is 0.388 e. The molecule has 0 aromatic rings. The van der Waals surface area contributed by atoms with Gasteiger partial charge in [-0.05, 0) is 43.4 Å². The molecule has 1 saturated carbocycles. The van der Waals surface area contributed by atoms with E-state index in [4.69, 9.17) is 11.5 Å². The van der Waals surface area contributed by atoms with E-state index >= 15 is 0 Å². The molecule has 0 spiro atoms. The van der Waals surface area contributed by atoms with Crippen LogP contribution in [0.25, 0.3) is 0 Å². The first-order chi connectivity index (χ1) is 20.0. The van der Waals surface area contributed by atoms with Crippen molar-refractivity contribution in [1.82, 2.24) is 31.9 Å². The number of nitrogens with two attached hydrogens (primary N) is 2. The molecule has 0 bridgehead atoms. The van der Waals surface area contributed by atoms with Crippen molar-refractivity contribution in [2.24, 2.45) is 23.3 Å². The van der Waals surface area contributed by atoms with Crippen molar-refractivity contribution in [3.8, 4) is 0 Å². The highest BCUT2D eigenvalue weighted by Crippen LogP contribution is 2.35. The van der Waals surface area contributed by atoms with Crippen LogP contribution in [0.1, 0.15) is 58.8 Å². The van der Waals surface area contributed by atoms with Crippen LogP contribution in [0.2, 0.25) is 0 Å². The smallest absolute Gasteiger partial charge is 0.243 e. The van der Waals surface area contributed by atoms with Crippen LogP contribution < -0.4 is 43.4 Å². The molecule has 6 amide bonds. The van der Waals surface area contributed by atoms with Crippen molar-refractivity contribution in [3.63, 3.8) is 0 Å². The molecule has 1 aliphatic heterocycles.